The summed E-state index contributed by atoms with van der Waals surface area (Å²) in [6.45, 7) is 11.5. The van der Waals surface area contributed by atoms with E-state index >= 15 is 4.39 Å². The Morgan fingerprint density at radius 1 is 0.972 bits per heavy atom. The molecule has 0 bridgehead atoms. The highest BCUT2D eigenvalue weighted by molar-refractivity contribution is 7.81. The summed E-state index contributed by atoms with van der Waals surface area (Å²) in [5.41, 5.74) is -0.366. The molecule has 3 heterocycles. The highest BCUT2D eigenvalue weighted by atomic mass is 32.1. The van der Waals surface area contributed by atoms with Crippen molar-refractivity contribution >= 4 is 52.3 Å². The number of anilines is 2. The molecule has 6 rings (SSSR count). The van der Waals surface area contributed by atoms with Gasteiger partial charge in [-0.05, 0) is 100.0 Å². The topological polar surface area (TPSA) is 202 Å². The molecule has 0 saturated carbocycles. The monoisotopic (exact) mass is 1020 g/mol. The number of nitrogens with one attached hydrogen (secondary N) is 3. The number of thiocarbonyl (C=S) groups is 1. The van der Waals surface area contributed by atoms with E-state index in [0.717, 1.165) is 39.5 Å². The number of aryl methyl sites for hydroxylation is 1. The highest BCUT2D eigenvalue weighted by Gasteiger charge is 2.51. The molecule has 16 nitrogen and oxygen atoms in total. The summed E-state index contributed by atoms with van der Waals surface area (Å²) >= 11 is 5.54. The summed E-state index contributed by atoms with van der Waals surface area (Å²) in [4.78, 5) is 64.9. The number of hydrogen-bond donors (Lipinski definition) is 4. The number of aliphatic hydroxyl groups is 1. The molecule has 4 amide bonds. The summed E-state index contributed by atoms with van der Waals surface area (Å²) in [6.07, 6.45) is -1.56. The predicted molar refractivity (Wildman–Crippen MR) is 263 cm³/mol. The second-order valence-electron chi connectivity index (χ2n) is 19.3. The van der Waals surface area contributed by atoms with Crippen LogP contribution in [0.15, 0.2) is 67.0 Å². The fraction of sp³-hybridized carbons (Fsp3) is 0.471. The number of amides is 4. The lowest BCUT2D eigenvalue weighted by molar-refractivity contribution is -0.144. The van der Waals surface area contributed by atoms with E-state index in [4.69, 9.17) is 26.4 Å². The van der Waals surface area contributed by atoms with Crippen molar-refractivity contribution in [2.24, 2.45) is 5.41 Å². The molecule has 2 saturated heterocycles. The number of rotatable bonds is 21. The fourth-order valence-electron chi connectivity index (χ4n) is 8.46. The summed E-state index contributed by atoms with van der Waals surface area (Å²) in [5.74, 6) is -2.79. The number of hydrogen-bond acceptors (Lipinski definition) is 11. The number of nitriles is 1. The molecule has 0 aliphatic carbocycles. The van der Waals surface area contributed by atoms with Crippen LogP contribution in [0.5, 0.6) is 5.75 Å². The average molecular weight is 1020 g/mol. The molecule has 2 aliphatic heterocycles. The molecule has 0 radical (unpaired) electrons. The van der Waals surface area contributed by atoms with E-state index in [0.29, 0.717) is 45.0 Å². The van der Waals surface area contributed by atoms with E-state index in [1.807, 2.05) is 31.2 Å². The predicted octanol–water partition coefficient (Wildman–Crippen LogP) is 7.11. The van der Waals surface area contributed by atoms with E-state index in [1.165, 1.54) is 47.9 Å². The lowest BCUT2D eigenvalue weighted by atomic mass is 9.85. The van der Waals surface area contributed by atoms with Gasteiger partial charge in [-0.3, -0.25) is 24.1 Å². The Labute approximate surface area is 421 Å². The number of carbonyl (C=O) groups is 4. The van der Waals surface area contributed by atoms with Crippen molar-refractivity contribution in [3.63, 3.8) is 0 Å². The van der Waals surface area contributed by atoms with E-state index in [-0.39, 0.29) is 61.6 Å². The van der Waals surface area contributed by atoms with Crippen LogP contribution in [-0.4, -0.2) is 112 Å². The van der Waals surface area contributed by atoms with Gasteiger partial charge in [0.15, 0.2) is 16.7 Å². The van der Waals surface area contributed by atoms with Crippen LogP contribution in [0.4, 0.5) is 28.9 Å². The van der Waals surface area contributed by atoms with Crippen molar-refractivity contribution in [2.45, 2.75) is 110 Å². The van der Waals surface area contributed by atoms with E-state index in [9.17, 15) is 42.7 Å². The number of aromatic nitrogens is 2. The maximum atomic E-state index is 15.3. The number of likely N-dealkylation sites (tertiary alicyclic amines) is 1. The first kappa shape index (κ1) is 54.9. The number of carbonyl (C=O) groups excluding carboxylic acids is 4. The SMILES string of the molecule is Cc1[nH]cnc1-c1ccc(CNC(=O)[C@@H]2C[C@@H](O)CN2C(=O)[C@@H](NC(=O)COCCCOCCCCCOc2ccc(N3C(=S)N(c4ccc(C#N)c(C(F)(F)F)c4)C(=O)C3(C)C)cc2F)C(C)(C)C)cc1. The standard InChI is InChI=1S/C51H60F4N8O8S/c1-31-43(59-30-58-31)33-13-11-32(12-14-33)27-57-45(66)40-25-37(64)28-61(40)46(67)44(49(2,3)4)60-42(65)29-70-21-10-20-69-19-8-7-9-22-71-41-18-17-36(24-39(41)52)63-48(72)62(47(68)50(63,5)6)35-16-15-34(26-56)38(23-35)51(53,54)55/h11-18,23-24,30,37,40,44,64H,7-10,19-22,25,27-29H2,1-6H3,(H,57,66)(H,58,59)(H,60,65)/t37-,40+,44-/m1/s1. The molecule has 4 aromatic rings. The van der Waals surface area contributed by atoms with Gasteiger partial charge in [0.05, 0.1) is 47.6 Å². The normalized spacial score (nSPS) is 17.3. The Kier molecular flexibility index (Phi) is 17.8. The zero-order valence-corrected chi connectivity index (χ0v) is 41.8. The van der Waals surface area contributed by atoms with Crippen molar-refractivity contribution in [1.82, 2.24) is 25.5 Å². The van der Waals surface area contributed by atoms with Crippen molar-refractivity contribution < 1.29 is 56.1 Å². The summed E-state index contributed by atoms with van der Waals surface area (Å²) in [7, 11) is 0. The van der Waals surface area contributed by atoms with Crippen LogP contribution in [0.2, 0.25) is 0 Å². The number of β-amino-alcohol motifs (C(OH)–C–C–N with tert-alkyl or cyclic N) is 1. The first-order chi connectivity index (χ1) is 34.0. The summed E-state index contributed by atoms with van der Waals surface area (Å²) in [5, 5.41) is 25.2. The number of unbranched alkanes of at least 4 members (excludes halogenated alkanes) is 2. The third kappa shape index (κ3) is 13.1. The van der Waals surface area contributed by atoms with E-state index < -0.39 is 75.9 Å². The zero-order valence-electron chi connectivity index (χ0n) is 41.0. The molecular formula is C51H60F4N8O8S. The maximum Gasteiger partial charge on any atom is 0.417 e. The van der Waals surface area contributed by atoms with Gasteiger partial charge in [-0.25, -0.2) is 9.37 Å². The van der Waals surface area contributed by atoms with Gasteiger partial charge in [-0.1, -0.05) is 45.0 Å². The van der Waals surface area contributed by atoms with Crippen LogP contribution >= 0.6 is 12.2 Å². The molecule has 2 fully saturated rings. The van der Waals surface area contributed by atoms with Crippen LogP contribution in [0.3, 0.4) is 0 Å². The first-order valence-corrected chi connectivity index (χ1v) is 24.0. The minimum atomic E-state index is -4.85. The van der Waals surface area contributed by atoms with Gasteiger partial charge in [0, 0.05) is 62.3 Å². The molecule has 4 N–H and O–H groups in total. The Morgan fingerprint density at radius 3 is 2.31 bits per heavy atom. The van der Waals surface area contributed by atoms with Crippen molar-refractivity contribution in [3.8, 4) is 23.1 Å². The maximum absolute atomic E-state index is 15.3. The number of aliphatic hydroxyl groups excluding tert-OH is 1. The van der Waals surface area contributed by atoms with Gasteiger partial charge < -0.3 is 44.7 Å². The molecule has 0 unspecified atom stereocenters. The van der Waals surface area contributed by atoms with Gasteiger partial charge in [0.1, 0.15) is 24.2 Å². The molecule has 21 heteroatoms. The zero-order chi connectivity index (χ0) is 52.5. The molecule has 1 aromatic heterocycles. The summed E-state index contributed by atoms with van der Waals surface area (Å²) < 4.78 is 73.4. The van der Waals surface area contributed by atoms with Gasteiger partial charge in [0.25, 0.3) is 5.91 Å². The Hall–Kier alpha value is -6.47. The van der Waals surface area contributed by atoms with Crippen molar-refractivity contribution in [1.29, 1.82) is 5.26 Å². The van der Waals surface area contributed by atoms with Crippen LogP contribution < -0.4 is 25.2 Å². The quantitative estimate of drug-likeness (QED) is 0.0375. The number of ether oxygens (including phenoxy) is 3. The van der Waals surface area contributed by atoms with Gasteiger partial charge >= 0.3 is 6.18 Å². The Balaban J connectivity index is 0.863. The minimum Gasteiger partial charge on any atom is -0.491 e. The first-order valence-electron chi connectivity index (χ1n) is 23.6. The van der Waals surface area contributed by atoms with Crippen LogP contribution in [-0.2, 0) is 41.4 Å². The lowest BCUT2D eigenvalue weighted by Gasteiger charge is -2.35. The minimum absolute atomic E-state index is 0.0340. The fourth-order valence-corrected chi connectivity index (χ4v) is 8.98. The third-order valence-electron chi connectivity index (χ3n) is 12.3. The van der Waals surface area contributed by atoms with Crippen molar-refractivity contribution in [2.75, 3.05) is 49.4 Å². The number of alkyl halides is 3. The summed E-state index contributed by atoms with van der Waals surface area (Å²) in [6, 6.07) is 14.1. The molecule has 0 spiro atoms. The number of H-pyrrole nitrogens is 1. The van der Waals surface area contributed by atoms with E-state index in [2.05, 4.69) is 20.6 Å². The molecule has 386 valence electrons. The van der Waals surface area contributed by atoms with E-state index in [1.54, 1.807) is 27.1 Å². The molecule has 3 aromatic carbocycles. The molecule has 2 aliphatic rings. The second-order valence-corrected chi connectivity index (χ2v) is 19.6. The number of aromatic amines is 1. The third-order valence-corrected chi connectivity index (χ3v) is 12.7. The molecular weight excluding hydrogens is 961 g/mol. The van der Waals surface area contributed by atoms with Crippen molar-refractivity contribution in [3.05, 3.63) is 95.2 Å². The average Bonchev–Trinajstić information content (AvgIpc) is 3.99. The Bertz CT molecular complexity index is 2650. The smallest absolute Gasteiger partial charge is 0.417 e. The number of imidazole rings is 1. The van der Waals surface area contributed by atoms with Crippen LogP contribution in [0.1, 0.15) is 89.1 Å². The number of nitrogens with zero attached hydrogens (tertiary/aromatic N) is 5. The highest BCUT2D eigenvalue weighted by Crippen LogP contribution is 2.40. The van der Waals surface area contributed by atoms with Crippen LogP contribution in [0, 0.1) is 29.5 Å². The largest absolute Gasteiger partial charge is 0.491 e. The van der Waals surface area contributed by atoms with Crippen LogP contribution in [0.25, 0.3) is 11.3 Å². The van der Waals surface area contributed by atoms with Gasteiger partial charge in [-0.2, -0.15) is 18.4 Å². The lowest BCUT2D eigenvalue weighted by Crippen LogP contribution is -2.58. The molecule has 72 heavy (non-hydrogen) atoms. The van der Waals surface area contributed by atoms with Gasteiger partial charge in [0.2, 0.25) is 17.7 Å². The molecule has 3 atom stereocenters. The number of halogens is 4. The number of benzene rings is 3. The second kappa shape index (κ2) is 23.4. The van der Waals surface area contributed by atoms with Gasteiger partial charge in [-0.15, -0.1) is 0 Å². The Morgan fingerprint density at radius 2 is 1.65 bits per heavy atom.